The molecule has 25 heavy (non-hydrogen) atoms. The van der Waals surface area contributed by atoms with Gasteiger partial charge in [0.2, 0.25) is 0 Å². The Morgan fingerprint density at radius 3 is 2.64 bits per heavy atom. The third-order valence-electron chi connectivity index (χ3n) is 5.13. The zero-order chi connectivity index (χ0) is 16.7. The zero-order valence-corrected chi connectivity index (χ0v) is 15.1. The van der Waals surface area contributed by atoms with Gasteiger partial charge in [0.15, 0.2) is 0 Å². The Kier molecular flexibility index (Phi) is 5.32. The van der Waals surface area contributed by atoms with Crippen LogP contribution in [0.1, 0.15) is 22.0 Å². The molecular weight excluding hydrogens is 362 g/mol. The summed E-state index contributed by atoms with van der Waals surface area (Å²) in [5, 5.41) is 3.60. The molecule has 2 aliphatic rings. The lowest BCUT2D eigenvalue weighted by Crippen LogP contribution is -2.34. The van der Waals surface area contributed by atoms with Crippen LogP contribution in [-0.4, -0.2) is 30.4 Å². The first-order chi connectivity index (χ1) is 11.6. The molecule has 0 bridgehead atoms. The Hall–Kier alpha value is -1.62. The van der Waals surface area contributed by atoms with E-state index in [9.17, 15) is 9.18 Å². The van der Waals surface area contributed by atoms with Gasteiger partial charge >= 0.3 is 0 Å². The number of rotatable bonds is 2. The Bertz CT molecular complexity index is 771. The summed E-state index contributed by atoms with van der Waals surface area (Å²) >= 11 is 6.12. The molecule has 1 N–H and O–H groups in total. The fourth-order valence-electron chi connectivity index (χ4n) is 4.02. The van der Waals surface area contributed by atoms with Gasteiger partial charge in [0.25, 0.3) is 5.91 Å². The van der Waals surface area contributed by atoms with Crippen LogP contribution in [0.4, 0.5) is 4.39 Å². The fraction of sp³-hybridized carbons (Fsp3) is 0.316. The highest BCUT2D eigenvalue weighted by atomic mass is 35.5. The van der Waals surface area contributed by atoms with Gasteiger partial charge in [0.1, 0.15) is 5.82 Å². The van der Waals surface area contributed by atoms with Gasteiger partial charge in [-0.05, 0) is 29.7 Å². The number of halogens is 3. The molecule has 3 atom stereocenters. The summed E-state index contributed by atoms with van der Waals surface area (Å²) in [6.07, 6.45) is 0. The van der Waals surface area contributed by atoms with Crippen LogP contribution >= 0.6 is 24.0 Å². The van der Waals surface area contributed by atoms with Crippen molar-refractivity contribution < 1.29 is 9.18 Å². The van der Waals surface area contributed by atoms with Crippen LogP contribution in [0, 0.1) is 17.7 Å². The standard InChI is InChI=1S/C19H18ClFN2O.ClH/c20-17-8-14(21)6-7-15(17)19(24)23-11-13-9-22-10-16(13)18(23)12-4-2-1-3-5-12;/h1-8,13,16,18,22H,9-11H2;1H/t13-,16-,18-;/m0./s1. The van der Waals surface area contributed by atoms with Gasteiger partial charge < -0.3 is 10.2 Å². The Morgan fingerprint density at radius 2 is 1.92 bits per heavy atom. The molecule has 0 spiro atoms. The second-order valence-corrected chi connectivity index (χ2v) is 6.93. The molecule has 3 nitrogen and oxygen atoms in total. The Labute approximate surface area is 157 Å². The molecule has 0 aliphatic carbocycles. The summed E-state index contributed by atoms with van der Waals surface area (Å²) in [6.45, 7) is 2.53. The highest BCUT2D eigenvalue weighted by Crippen LogP contribution is 2.43. The molecule has 0 radical (unpaired) electrons. The number of hydrogen-bond acceptors (Lipinski definition) is 2. The molecular formula is C19H19Cl2FN2O. The van der Waals surface area contributed by atoms with Gasteiger partial charge in [-0.1, -0.05) is 41.9 Å². The molecule has 2 aliphatic heterocycles. The van der Waals surface area contributed by atoms with Crippen LogP contribution in [0.25, 0.3) is 0 Å². The molecule has 2 heterocycles. The average Bonchev–Trinajstić information content (AvgIpc) is 3.15. The fourth-order valence-corrected chi connectivity index (χ4v) is 4.27. The SMILES string of the molecule is Cl.O=C(c1ccc(F)cc1Cl)N1C[C@@H]2CNC[C@@H]2[C@@H]1c1ccccc1. The normalized spacial score (nSPS) is 24.7. The maximum absolute atomic E-state index is 13.3. The number of nitrogens with zero attached hydrogens (tertiary/aromatic N) is 1. The van der Waals surface area contributed by atoms with Crippen LogP contribution in [0.2, 0.25) is 5.02 Å². The van der Waals surface area contributed by atoms with Crippen LogP contribution in [-0.2, 0) is 0 Å². The minimum absolute atomic E-state index is 0. The molecule has 2 fully saturated rings. The zero-order valence-electron chi connectivity index (χ0n) is 13.5. The quantitative estimate of drug-likeness (QED) is 0.855. The van der Waals surface area contributed by atoms with Crippen LogP contribution in [0.15, 0.2) is 48.5 Å². The third kappa shape index (κ3) is 3.26. The van der Waals surface area contributed by atoms with Gasteiger partial charge in [0, 0.05) is 25.6 Å². The minimum atomic E-state index is -0.432. The smallest absolute Gasteiger partial charge is 0.255 e. The van der Waals surface area contributed by atoms with E-state index in [1.165, 1.54) is 18.2 Å². The minimum Gasteiger partial charge on any atom is -0.331 e. The summed E-state index contributed by atoms with van der Waals surface area (Å²) in [5.41, 5.74) is 1.51. The predicted molar refractivity (Wildman–Crippen MR) is 98.7 cm³/mol. The van der Waals surface area contributed by atoms with Crippen LogP contribution in [0.5, 0.6) is 0 Å². The van der Waals surface area contributed by atoms with Gasteiger partial charge in [-0.25, -0.2) is 4.39 Å². The van der Waals surface area contributed by atoms with E-state index in [2.05, 4.69) is 17.4 Å². The van der Waals surface area contributed by atoms with Crippen molar-refractivity contribution in [3.63, 3.8) is 0 Å². The van der Waals surface area contributed by atoms with Gasteiger partial charge in [-0.2, -0.15) is 0 Å². The number of hydrogen-bond donors (Lipinski definition) is 1. The lowest BCUT2D eigenvalue weighted by molar-refractivity contribution is 0.0714. The van der Waals surface area contributed by atoms with E-state index in [0.717, 1.165) is 18.7 Å². The molecule has 2 aromatic carbocycles. The molecule has 0 saturated carbocycles. The average molecular weight is 381 g/mol. The van der Waals surface area contributed by atoms with Gasteiger partial charge in [-0.15, -0.1) is 12.4 Å². The molecule has 4 rings (SSSR count). The summed E-state index contributed by atoms with van der Waals surface area (Å²) in [4.78, 5) is 15.0. The summed E-state index contributed by atoms with van der Waals surface area (Å²) in [5.74, 6) is 0.288. The van der Waals surface area contributed by atoms with Crippen molar-refractivity contribution >= 4 is 29.9 Å². The van der Waals surface area contributed by atoms with E-state index >= 15 is 0 Å². The van der Waals surface area contributed by atoms with Gasteiger partial charge in [0.05, 0.1) is 16.6 Å². The van der Waals surface area contributed by atoms with E-state index in [0.29, 0.717) is 23.9 Å². The van der Waals surface area contributed by atoms with E-state index in [-0.39, 0.29) is 29.4 Å². The Morgan fingerprint density at radius 1 is 1.16 bits per heavy atom. The number of fused-ring (bicyclic) bond motifs is 1. The first-order valence-electron chi connectivity index (χ1n) is 8.17. The second kappa shape index (κ2) is 7.32. The number of likely N-dealkylation sites (tertiary alicyclic amines) is 1. The monoisotopic (exact) mass is 380 g/mol. The van der Waals surface area contributed by atoms with E-state index in [4.69, 9.17) is 11.6 Å². The van der Waals surface area contributed by atoms with E-state index in [1.807, 2.05) is 23.1 Å². The number of carbonyl (C=O) groups is 1. The number of carbonyl (C=O) groups excluding carboxylic acids is 1. The van der Waals surface area contributed by atoms with Crippen molar-refractivity contribution in [3.8, 4) is 0 Å². The lowest BCUT2D eigenvalue weighted by atomic mass is 9.89. The number of benzene rings is 2. The number of nitrogens with one attached hydrogen (secondary N) is 1. The second-order valence-electron chi connectivity index (χ2n) is 6.52. The summed E-state index contributed by atoms with van der Waals surface area (Å²) in [7, 11) is 0. The Balaban J connectivity index is 0.00000182. The summed E-state index contributed by atoms with van der Waals surface area (Å²) in [6, 6.07) is 14.1. The van der Waals surface area contributed by atoms with Crippen molar-refractivity contribution in [2.24, 2.45) is 11.8 Å². The van der Waals surface area contributed by atoms with E-state index < -0.39 is 5.82 Å². The van der Waals surface area contributed by atoms with Gasteiger partial charge in [-0.3, -0.25) is 4.79 Å². The number of amides is 1. The predicted octanol–water partition coefficient (Wildman–Crippen LogP) is 3.93. The lowest BCUT2D eigenvalue weighted by Gasteiger charge is -2.28. The van der Waals surface area contributed by atoms with Crippen molar-refractivity contribution in [1.82, 2.24) is 10.2 Å². The highest BCUT2D eigenvalue weighted by Gasteiger charge is 2.47. The third-order valence-corrected chi connectivity index (χ3v) is 5.44. The molecule has 6 heteroatoms. The molecule has 2 saturated heterocycles. The largest absolute Gasteiger partial charge is 0.331 e. The topological polar surface area (TPSA) is 32.3 Å². The molecule has 2 aromatic rings. The maximum Gasteiger partial charge on any atom is 0.255 e. The first-order valence-corrected chi connectivity index (χ1v) is 8.54. The highest BCUT2D eigenvalue weighted by molar-refractivity contribution is 6.33. The molecule has 0 aromatic heterocycles. The van der Waals surface area contributed by atoms with Crippen LogP contribution in [0.3, 0.4) is 0 Å². The van der Waals surface area contributed by atoms with Crippen molar-refractivity contribution in [3.05, 3.63) is 70.5 Å². The molecule has 1 amide bonds. The van der Waals surface area contributed by atoms with Crippen LogP contribution < -0.4 is 5.32 Å². The molecule has 0 unspecified atom stereocenters. The van der Waals surface area contributed by atoms with E-state index in [1.54, 1.807) is 0 Å². The summed E-state index contributed by atoms with van der Waals surface area (Å²) < 4.78 is 13.3. The van der Waals surface area contributed by atoms with Crippen molar-refractivity contribution in [2.75, 3.05) is 19.6 Å². The molecule has 132 valence electrons. The maximum atomic E-state index is 13.3. The first kappa shape index (κ1) is 18.2. The van der Waals surface area contributed by atoms with Crippen molar-refractivity contribution in [2.45, 2.75) is 6.04 Å². The van der Waals surface area contributed by atoms with Crippen molar-refractivity contribution in [1.29, 1.82) is 0 Å².